The number of rotatable bonds is 4. The molecular formula is C12H12Br2O3. The van der Waals surface area contributed by atoms with Crippen molar-refractivity contribution in [3.8, 4) is 0 Å². The largest absolute Gasteiger partial charge is 0.463 e. The van der Waals surface area contributed by atoms with Gasteiger partial charge in [-0.15, -0.1) is 0 Å². The van der Waals surface area contributed by atoms with Crippen molar-refractivity contribution in [2.45, 2.75) is 26.4 Å². The molecule has 0 atom stereocenters. The highest BCUT2D eigenvalue weighted by Crippen LogP contribution is 2.26. The molecule has 0 N–H and O–H groups in total. The molecule has 0 unspecified atom stereocenters. The zero-order valence-corrected chi connectivity index (χ0v) is 12.7. The lowest BCUT2D eigenvalue weighted by Gasteiger charge is -2.09. The van der Waals surface area contributed by atoms with Crippen LogP contribution in [0.2, 0.25) is 0 Å². The molecule has 1 rings (SSSR count). The topological polar surface area (TPSA) is 43.4 Å². The average molecular weight is 364 g/mol. The summed E-state index contributed by atoms with van der Waals surface area (Å²) in [6.45, 7) is 3.49. The van der Waals surface area contributed by atoms with E-state index in [1.165, 1.54) is 0 Å². The number of benzene rings is 1. The standard InChI is InChI=1S/C12H12Br2O3/c1-7(2)17-11(16)6-10(15)12-8(13)4-3-5-9(12)14/h3-5,7H,6H2,1-2H3. The molecule has 0 spiro atoms. The molecule has 0 amide bonds. The summed E-state index contributed by atoms with van der Waals surface area (Å²) >= 11 is 6.57. The predicted octanol–water partition coefficient (Wildman–Crippen LogP) is 3.74. The zero-order chi connectivity index (χ0) is 13.0. The maximum absolute atomic E-state index is 11.9. The van der Waals surface area contributed by atoms with Crippen LogP contribution >= 0.6 is 31.9 Å². The molecule has 0 aliphatic carbocycles. The van der Waals surface area contributed by atoms with Crippen LogP contribution in [-0.4, -0.2) is 17.9 Å². The van der Waals surface area contributed by atoms with Crippen LogP contribution in [0.4, 0.5) is 0 Å². The number of esters is 1. The summed E-state index contributed by atoms with van der Waals surface area (Å²) in [6, 6.07) is 5.31. The highest BCUT2D eigenvalue weighted by molar-refractivity contribution is 9.11. The SMILES string of the molecule is CC(C)OC(=O)CC(=O)c1c(Br)cccc1Br. The molecule has 0 saturated carbocycles. The third-order valence-electron chi connectivity index (χ3n) is 1.91. The predicted molar refractivity (Wildman–Crippen MR) is 72.0 cm³/mol. The third kappa shape index (κ3) is 4.24. The summed E-state index contributed by atoms with van der Waals surface area (Å²) in [5, 5.41) is 0. The Morgan fingerprint density at radius 1 is 1.24 bits per heavy atom. The first-order chi connectivity index (χ1) is 7.91. The van der Waals surface area contributed by atoms with E-state index in [9.17, 15) is 9.59 Å². The summed E-state index contributed by atoms with van der Waals surface area (Å²) in [4.78, 5) is 23.3. The third-order valence-corrected chi connectivity index (χ3v) is 3.24. The molecule has 0 saturated heterocycles. The average Bonchev–Trinajstić information content (AvgIpc) is 2.15. The van der Waals surface area contributed by atoms with Gasteiger partial charge in [-0.2, -0.15) is 0 Å². The van der Waals surface area contributed by atoms with E-state index in [2.05, 4.69) is 31.9 Å². The van der Waals surface area contributed by atoms with Gasteiger partial charge in [-0.25, -0.2) is 0 Å². The second-order valence-corrected chi connectivity index (χ2v) is 5.44. The number of ketones is 1. The van der Waals surface area contributed by atoms with E-state index in [0.717, 1.165) is 0 Å². The van der Waals surface area contributed by atoms with Gasteiger partial charge in [0.1, 0.15) is 6.42 Å². The first-order valence-electron chi connectivity index (χ1n) is 5.08. The maximum Gasteiger partial charge on any atom is 0.313 e. The number of Topliss-reactive ketones (excluding diaryl/α,β-unsaturated/α-hetero) is 1. The molecule has 0 radical (unpaired) electrons. The molecule has 1 aromatic rings. The van der Waals surface area contributed by atoms with E-state index in [0.29, 0.717) is 14.5 Å². The molecule has 0 fully saturated rings. The van der Waals surface area contributed by atoms with Gasteiger partial charge in [-0.05, 0) is 26.0 Å². The number of ether oxygens (including phenoxy) is 1. The lowest BCUT2D eigenvalue weighted by atomic mass is 10.1. The fourth-order valence-corrected chi connectivity index (χ4v) is 2.73. The van der Waals surface area contributed by atoms with E-state index in [4.69, 9.17) is 4.74 Å². The second-order valence-electron chi connectivity index (χ2n) is 3.74. The van der Waals surface area contributed by atoms with Crippen molar-refractivity contribution in [3.63, 3.8) is 0 Å². The molecule has 0 aliphatic heterocycles. The van der Waals surface area contributed by atoms with Crippen molar-refractivity contribution >= 4 is 43.6 Å². The first-order valence-corrected chi connectivity index (χ1v) is 6.67. The fourth-order valence-electron chi connectivity index (χ4n) is 1.29. The van der Waals surface area contributed by atoms with Gasteiger partial charge >= 0.3 is 5.97 Å². The van der Waals surface area contributed by atoms with Crippen molar-refractivity contribution < 1.29 is 14.3 Å². The van der Waals surface area contributed by atoms with E-state index < -0.39 is 5.97 Å². The Morgan fingerprint density at radius 3 is 2.24 bits per heavy atom. The van der Waals surface area contributed by atoms with Gasteiger partial charge in [-0.1, -0.05) is 37.9 Å². The summed E-state index contributed by atoms with van der Waals surface area (Å²) < 4.78 is 6.25. The molecule has 0 aromatic heterocycles. The Balaban J connectivity index is 2.80. The molecule has 0 bridgehead atoms. The molecule has 1 aromatic carbocycles. The van der Waals surface area contributed by atoms with E-state index >= 15 is 0 Å². The van der Waals surface area contributed by atoms with Crippen molar-refractivity contribution in [2.24, 2.45) is 0 Å². The molecule has 3 nitrogen and oxygen atoms in total. The van der Waals surface area contributed by atoms with Crippen molar-refractivity contribution in [3.05, 3.63) is 32.7 Å². The van der Waals surface area contributed by atoms with Crippen LogP contribution < -0.4 is 0 Å². The summed E-state index contributed by atoms with van der Waals surface area (Å²) in [6.07, 6.45) is -0.461. The summed E-state index contributed by atoms with van der Waals surface area (Å²) in [7, 11) is 0. The molecule has 92 valence electrons. The smallest absolute Gasteiger partial charge is 0.313 e. The van der Waals surface area contributed by atoms with Crippen molar-refractivity contribution in [1.29, 1.82) is 0 Å². The minimum Gasteiger partial charge on any atom is -0.463 e. The van der Waals surface area contributed by atoms with Crippen molar-refractivity contribution in [1.82, 2.24) is 0 Å². The van der Waals surface area contributed by atoms with Crippen LogP contribution in [0.3, 0.4) is 0 Å². The Kier molecular flexibility index (Phi) is 5.33. The van der Waals surface area contributed by atoms with E-state index in [-0.39, 0.29) is 18.3 Å². The van der Waals surface area contributed by atoms with Crippen molar-refractivity contribution in [2.75, 3.05) is 0 Å². The highest BCUT2D eigenvalue weighted by atomic mass is 79.9. The summed E-state index contributed by atoms with van der Waals surface area (Å²) in [5.41, 5.74) is 0.466. The zero-order valence-electron chi connectivity index (χ0n) is 9.50. The first kappa shape index (κ1) is 14.4. The highest BCUT2D eigenvalue weighted by Gasteiger charge is 2.18. The Bertz CT molecular complexity index is 421. The van der Waals surface area contributed by atoms with Crippen LogP contribution in [0.15, 0.2) is 27.1 Å². The molecule has 5 heteroatoms. The Hall–Kier alpha value is -0.680. The van der Waals surface area contributed by atoms with E-state index in [1.807, 2.05) is 0 Å². The van der Waals surface area contributed by atoms with Gasteiger partial charge in [0.05, 0.1) is 6.10 Å². The van der Waals surface area contributed by atoms with Gasteiger partial charge in [0.15, 0.2) is 5.78 Å². The number of hydrogen-bond acceptors (Lipinski definition) is 3. The Labute approximate surface area is 117 Å². The Morgan fingerprint density at radius 2 is 1.76 bits per heavy atom. The van der Waals surface area contributed by atoms with Gasteiger partial charge in [0.25, 0.3) is 0 Å². The minimum absolute atomic E-state index is 0.210. The minimum atomic E-state index is -0.507. The maximum atomic E-state index is 11.9. The van der Waals surface area contributed by atoms with Crippen LogP contribution in [0.1, 0.15) is 30.6 Å². The second kappa shape index (κ2) is 6.31. The van der Waals surface area contributed by atoms with Crippen LogP contribution in [0.5, 0.6) is 0 Å². The van der Waals surface area contributed by atoms with E-state index in [1.54, 1.807) is 32.0 Å². The van der Waals surface area contributed by atoms with Gasteiger partial charge < -0.3 is 4.74 Å². The normalized spacial score (nSPS) is 10.4. The van der Waals surface area contributed by atoms with Gasteiger partial charge in [0.2, 0.25) is 0 Å². The molecule has 0 aliphatic rings. The van der Waals surface area contributed by atoms with Crippen LogP contribution in [0.25, 0.3) is 0 Å². The summed E-state index contributed by atoms with van der Waals surface area (Å²) in [5.74, 6) is -0.775. The number of halogens is 2. The van der Waals surface area contributed by atoms with Crippen LogP contribution in [0, 0.1) is 0 Å². The lowest BCUT2D eigenvalue weighted by Crippen LogP contribution is -2.16. The van der Waals surface area contributed by atoms with Crippen LogP contribution in [-0.2, 0) is 9.53 Å². The fraction of sp³-hybridized carbons (Fsp3) is 0.333. The van der Waals surface area contributed by atoms with Gasteiger partial charge in [-0.3, -0.25) is 9.59 Å². The van der Waals surface area contributed by atoms with Gasteiger partial charge in [0, 0.05) is 14.5 Å². The number of carbonyl (C=O) groups is 2. The molecular weight excluding hydrogens is 352 g/mol. The quantitative estimate of drug-likeness (QED) is 0.465. The molecule has 0 heterocycles. The number of carbonyl (C=O) groups excluding carboxylic acids is 2. The molecule has 17 heavy (non-hydrogen) atoms. The number of hydrogen-bond donors (Lipinski definition) is 0. The monoisotopic (exact) mass is 362 g/mol. The lowest BCUT2D eigenvalue weighted by molar-refractivity contribution is -0.146.